The Morgan fingerprint density at radius 2 is 2.26 bits per heavy atom. The monoisotopic (exact) mass is 270 g/mol. The molecular formula is C14H26N2O3. The Hall–Kier alpha value is -0.650. The third-order valence-corrected chi connectivity index (χ3v) is 3.92. The van der Waals surface area contributed by atoms with Gasteiger partial charge in [-0.15, -0.1) is 0 Å². The molecule has 1 spiro atoms. The molecule has 110 valence electrons. The average Bonchev–Trinajstić information content (AvgIpc) is 2.84. The van der Waals surface area contributed by atoms with E-state index in [0.717, 1.165) is 58.6 Å². The fourth-order valence-corrected chi connectivity index (χ4v) is 2.81. The normalized spacial score (nSPS) is 30.7. The highest BCUT2D eigenvalue weighted by Gasteiger charge is 2.40. The Balaban J connectivity index is 1.64. The topological polar surface area (TPSA) is 59.6 Å². The predicted molar refractivity (Wildman–Crippen MR) is 73.1 cm³/mol. The number of ether oxygens (including phenoxy) is 2. The SMILES string of the molecule is CCCNC(=O)CCNC1CCOC2(CCOC2)C1. The Morgan fingerprint density at radius 1 is 1.37 bits per heavy atom. The van der Waals surface area contributed by atoms with Gasteiger partial charge >= 0.3 is 0 Å². The molecule has 2 fully saturated rings. The zero-order valence-electron chi connectivity index (χ0n) is 11.9. The Kier molecular flexibility index (Phi) is 5.60. The molecule has 5 heteroatoms. The van der Waals surface area contributed by atoms with Crippen LogP contribution in [0.3, 0.4) is 0 Å². The van der Waals surface area contributed by atoms with E-state index in [1.165, 1.54) is 0 Å². The maximum atomic E-state index is 11.5. The minimum absolute atomic E-state index is 0.0552. The first kappa shape index (κ1) is 14.8. The van der Waals surface area contributed by atoms with Crippen LogP contribution in [-0.2, 0) is 14.3 Å². The van der Waals surface area contributed by atoms with Crippen molar-refractivity contribution in [2.24, 2.45) is 0 Å². The minimum Gasteiger partial charge on any atom is -0.378 e. The largest absolute Gasteiger partial charge is 0.378 e. The highest BCUT2D eigenvalue weighted by Crippen LogP contribution is 2.32. The molecule has 2 saturated heterocycles. The van der Waals surface area contributed by atoms with Crippen LogP contribution in [0.5, 0.6) is 0 Å². The van der Waals surface area contributed by atoms with E-state index < -0.39 is 0 Å². The second kappa shape index (κ2) is 7.22. The first-order valence-electron chi connectivity index (χ1n) is 7.46. The van der Waals surface area contributed by atoms with Crippen LogP contribution in [0.1, 0.15) is 39.0 Å². The fourth-order valence-electron chi connectivity index (χ4n) is 2.81. The molecule has 0 aliphatic carbocycles. The van der Waals surface area contributed by atoms with E-state index >= 15 is 0 Å². The molecule has 2 rings (SSSR count). The lowest BCUT2D eigenvalue weighted by Crippen LogP contribution is -2.48. The summed E-state index contributed by atoms with van der Waals surface area (Å²) >= 11 is 0. The molecule has 2 atom stereocenters. The summed E-state index contributed by atoms with van der Waals surface area (Å²) in [5.74, 6) is 0.139. The summed E-state index contributed by atoms with van der Waals surface area (Å²) in [5, 5.41) is 6.38. The van der Waals surface area contributed by atoms with Crippen molar-refractivity contribution in [3.05, 3.63) is 0 Å². The summed E-state index contributed by atoms with van der Waals surface area (Å²) in [6.45, 7) is 5.91. The highest BCUT2D eigenvalue weighted by molar-refractivity contribution is 5.75. The summed E-state index contributed by atoms with van der Waals surface area (Å²) in [5.41, 5.74) is -0.0552. The summed E-state index contributed by atoms with van der Waals surface area (Å²) in [4.78, 5) is 11.5. The molecule has 5 nitrogen and oxygen atoms in total. The van der Waals surface area contributed by atoms with Crippen molar-refractivity contribution in [1.29, 1.82) is 0 Å². The molecule has 2 unspecified atom stereocenters. The predicted octanol–water partition coefficient (Wildman–Crippen LogP) is 0.830. The van der Waals surface area contributed by atoms with Gasteiger partial charge in [0.2, 0.25) is 5.91 Å². The van der Waals surface area contributed by atoms with Crippen LogP contribution in [0.15, 0.2) is 0 Å². The Morgan fingerprint density at radius 3 is 3.00 bits per heavy atom. The molecule has 1 amide bonds. The lowest BCUT2D eigenvalue weighted by molar-refractivity contribution is -0.121. The van der Waals surface area contributed by atoms with Gasteiger partial charge in [0.15, 0.2) is 0 Å². The van der Waals surface area contributed by atoms with E-state index in [4.69, 9.17) is 9.47 Å². The molecule has 2 aliphatic rings. The van der Waals surface area contributed by atoms with Gasteiger partial charge in [0.25, 0.3) is 0 Å². The second-order valence-corrected chi connectivity index (χ2v) is 5.58. The third kappa shape index (κ3) is 4.44. The quantitative estimate of drug-likeness (QED) is 0.750. The molecule has 0 saturated carbocycles. The van der Waals surface area contributed by atoms with Crippen molar-refractivity contribution in [1.82, 2.24) is 10.6 Å². The summed E-state index contributed by atoms with van der Waals surface area (Å²) < 4.78 is 11.3. The molecule has 0 aromatic carbocycles. The van der Waals surface area contributed by atoms with Crippen molar-refractivity contribution in [2.75, 3.05) is 32.9 Å². The van der Waals surface area contributed by atoms with Crippen molar-refractivity contribution >= 4 is 5.91 Å². The second-order valence-electron chi connectivity index (χ2n) is 5.58. The number of hydrogen-bond donors (Lipinski definition) is 2. The summed E-state index contributed by atoms with van der Waals surface area (Å²) in [6, 6.07) is 0.453. The van der Waals surface area contributed by atoms with Gasteiger partial charge < -0.3 is 20.1 Å². The molecular weight excluding hydrogens is 244 g/mol. The smallest absolute Gasteiger partial charge is 0.221 e. The van der Waals surface area contributed by atoms with Gasteiger partial charge in [0.1, 0.15) is 0 Å². The van der Waals surface area contributed by atoms with Crippen LogP contribution in [0, 0.1) is 0 Å². The number of amides is 1. The minimum atomic E-state index is -0.0552. The zero-order valence-corrected chi connectivity index (χ0v) is 11.9. The standard InChI is InChI=1S/C14H26N2O3/c1-2-6-16-13(17)3-7-15-12-4-8-19-14(10-12)5-9-18-11-14/h12,15H,2-11H2,1H3,(H,16,17). The Labute approximate surface area is 115 Å². The molecule has 0 aromatic heterocycles. The number of hydrogen-bond acceptors (Lipinski definition) is 4. The van der Waals surface area contributed by atoms with Gasteiger partial charge in [0.05, 0.1) is 12.2 Å². The van der Waals surface area contributed by atoms with Crippen molar-refractivity contribution in [3.8, 4) is 0 Å². The van der Waals surface area contributed by atoms with Gasteiger partial charge in [0, 0.05) is 45.2 Å². The van der Waals surface area contributed by atoms with E-state index in [2.05, 4.69) is 17.6 Å². The fraction of sp³-hybridized carbons (Fsp3) is 0.929. The van der Waals surface area contributed by atoms with E-state index in [9.17, 15) is 4.79 Å². The lowest BCUT2D eigenvalue weighted by Gasteiger charge is -2.37. The number of carbonyl (C=O) groups excluding carboxylic acids is 1. The number of carbonyl (C=O) groups is 1. The maximum Gasteiger partial charge on any atom is 0.221 e. The highest BCUT2D eigenvalue weighted by atomic mass is 16.6. The van der Waals surface area contributed by atoms with Gasteiger partial charge in [-0.2, -0.15) is 0 Å². The van der Waals surface area contributed by atoms with Crippen LogP contribution in [0.25, 0.3) is 0 Å². The molecule has 0 radical (unpaired) electrons. The van der Waals surface area contributed by atoms with Gasteiger partial charge in [-0.25, -0.2) is 0 Å². The molecule has 19 heavy (non-hydrogen) atoms. The summed E-state index contributed by atoms with van der Waals surface area (Å²) in [7, 11) is 0. The first-order chi connectivity index (χ1) is 9.24. The lowest BCUT2D eigenvalue weighted by atomic mass is 9.89. The van der Waals surface area contributed by atoms with Crippen LogP contribution in [-0.4, -0.2) is 50.5 Å². The third-order valence-electron chi connectivity index (χ3n) is 3.92. The molecule has 2 N–H and O–H groups in total. The van der Waals surface area contributed by atoms with Crippen LogP contribution in [0.2, 0.25) is 0 Å². The average molecular weight is 270 g/mol. The van der Waals surface area contributed by atoms with Gasteiger partial charge in [-0.3, -0.25) is 4.79 Å². The van der Waals surface area contributed by atoms with E-state index in [1.807, 2.05) is 0 Å². The molecule has 2 heterocycles. The van der Waals surface area contributed by atoms with Gasteiger partial charge in [-0.05, 0) is 19.3 Å². The van der Waals surface area contributed by atoms with Crippen LogP contribution in [0.4, 0.5) is 0 Å². The first-order valence-corrected chi connectivity index (χ1v) is 7.46. The van der Waals surface area contributed by atoms with E-state index in [-0.39, 0.29) is 11.5 Å². The molecule has 0 bridgehead atoms. The van der Waals surface area contributed by atoms with Crippen molar-refractivity contribution in [2.45, 2.75) is 50.7 Å². The van der Waals surface area contributed by atoms with Crippen LogP contribution >= 0.6 is 0 Å². The van der Waals surface area contributed by atoms with Crippen LogP contribution < -0.4 is 10.6 Å². The Bertz CT molecular complexity index is 290. The van der Waals surface area contributed by atoms with Crippen molar-refractivity contribution < 1.29 is 14.3 Å². The van der Waals surface area contributed by atoms with Gasteiger partial charge in [-0.1, -0.05) is 6.92 Å². The maximum absolute atomic E-state index is 11.5. The number of nitrogens with one attached hydrogen (secondary N) is 2. The molecule has 2 aliphatic heterocycles. The van der Waals surface area contributed by atoms with Crippen molar-refractivity contribution in [3.63, 3.8) is 0 Å². The summed E-state index contributed by atoms with van der Waals surface area (Å²) in [6.07, 6.45) is 4.58. The van der Waals surface area contributed by atoms with E-state index in [1.54, 1.807) is 0 Å². The molecule has 0 aromatic rings. The van der Waals surface area contributed by atoms with E-state index in [0.29, 0.717) is 12.5 Å². The number of rotatable bonds is 6. The zero-order chi connectivity index (χ0) is 13.6.